The van der Waals surface area contributed by atoms with Gasteiger partial charge in [0.2, 0.25) is 0 Å². The lowest BCUT2D eigenvalue weighted by molar-refractivity contribution is 0.0943. The summed E-state index contributed by atoms with van der Waals surface area (Å²) in [4.78, 5) is 14.3. The summed E-state index contributed by atoms with van der Waals surface area (Å²) in [6.45, 7) is 2.07. The summed E-state index contributed by atoms with van der Waals surface area (Å²) in [5.74, 6) is 0.804. The Labute approximate surface area is 188 Å². The molecule has 0 radical (unpaired) electrons. The Morgan fingerprint density at radius 1 is 0.742 bits per heavy atom. The zero-order valence-electron chi connectivity index (χ0n) is 17.5. The van der Waals surface area contributed by atoms with Crippen LogP contribution in [0, 0.1) is 6.92 Å². The fourth-order valence-corrected chi connectivity index (χ4v) is 4.29. The molecule has 1 N–H and O–H groups in total. The van der Waals surface area contributed by atoms with Gasteiger partial charge in [-0.15, -0.1) is 11.8 Å². The summed E-state index contributed by atoms with van der Waals surface area (Å²) in [7, 11) is 0. The number of nitrogens with one attached hydrogen (secondary N) is 1. The molecule has 1 amide bonds. The molecule has 0 aliphatic rings. The molecule has 4 rings (SSSR count). The third kappa shape index (κ3) is 5.65. The SMILES string of the molecule is Cc1ccc([C@H](NC(=O)c2ccc(CSc3ccccc3)cc2)c2ccccc2)cc1. The number of rotatable bonds is 7. The Morgan fingerprint density at radius 3 is 1.97 bits per heavy atom. The van der Waals surface area contributed by atoms with Crippen molar-refractivity contribution in [3.05, 3.63) is 137 Å². The molecule has 2 nitrogen and oxygen atoms in total. The predicted molar refractivity (Wildman–Crippen MR) is 129 cm³/mol. The largest absolute Gasteiger partial charge is 0.341 e. The van der Waals surface area contributed by atoms with Gasteiger partial charge in [-0.1, -0.05) is 90.5 Å². The van der Waals surface area contributed by atoms with E-state index in [-0.39, 0.29) is 11.9 Å². The van der Waals surface area contributed by atoms with Gasteiger partial charge in [-0.2, -0.15) is 0 Å². The van der Waals surface area contributed by atoms with Gasteiger partial charge in [-0.25, -0.2) is 0 Å². The highest BCUT2D eigenvalue weighted by atomic mass is 32.2. The molecule has 31 heavy (non-hydrogen) atoms. The minimum absolute atomic E-state index is 0.0725. The average Bonchev–Trinajstić information content (AvgIpc) is 2.83. The molecule has 0 spiro atoms. The molecule has 4 aromatic rings. The highest BCUT2D eigenvalue weighted by Crippen LogP contribution is 2.24. The molecule has 0 saturated carbocycles. The van der Waals surface area contributed by atoms with Gasteiger partial charge in [0, 0.05) is 16.2 Å². The van der Waals surface area contributed by atoms with Crippen molar-refractivity contribution in [2.75, 3.05) is 0 Å². The highest BCUT2D eigenvalue weighted by Gasteiger charge is 2.17. The van der Waals surface area contributed by atoms with Gasteiger partial charge in [0.05, 0.1) is 6.04 Å². The van der Waals surface area contributed by atoms with Gasteiger partial charge in [0.25, 0.3) is 5.91 Å². The number of hydrogen-bond acceptors (Lipinski definition) is 2. The van der Waals surface area contributed by atoms with Crippen LogP contribution in [-0.4, -0.2) is 5.91 Å². The lowest BCUT2D eigenvalue weighted by Crippen LogP contribution is -2.29. The Hall–Kier alpha value is -3.30. The number of thioether (sulfide) groups is 1. The van der Waals surface area contributed by atoms with Crippen LogP contribution >= 0.6 is 11.8 Å². The van der Waals surface area contributed by atoms with E-state index >= 15 is 0 Å². The van der Waals surface area contributed by atoms with Gasteiger partial charge in [-0.3, -0.25) is 4.79 Å². The van der Waals surface area contributed by atoms with E-state index in [0.717, 1.165) is 16.9 Å². The molecule has 154 valence electrons. The molecule has 3 heteroatoms. The minimum Gasteiger partial charge on any atom is -0.341 e. The van der Waals surface area contributed by atoms with Crippen molar-refractivity contribution in [2.45, 2.75) is 23.6 Å². The van der Waals surface area contributed by atoms with E-state index in [9.17, 15) is 4.79 Å². The third-order valence-electron chi connectivity index (χ3n) is 5.18. The molecule has 0 aromatic heterocycles. The monoisotopic (exact) mass is 423 g/mol. The first-order chi connectivity index (χ1) is 15.2. The Balaban J connectivity index is 1.47. The van der Waals surface area contributed by atoms with Gasteiger partial charge in [0.1, 0.15) is 0 Å². The molecule has 0 aliphatic carbocycles. The molecule has 1 atom stereocenters. The number of amides is 1. The topological polar surface area (TPSA) is 29.1 Å². The summed E-state index contributed by atoms with van der Waals surface area (Å²) in [6, 6.07) is 36.5. The molecule has 0 unspecified atom stereocenters. The van der Waals surface area contributed by atoms with E-state index in [1.807, 2.05) is 60.7 Å². The molecular formula is C28H25NOS. The molecule has 0 bridgehead atoms. The summed E-state index contributed by atoms with van der Waals surface area (Å²) in [5, 5.41) is 3.22. The predicted octanol–water partition coefficient (Wildman–Crippen LogP) is 6.81. The van der Waals surface area contributed by atoms with Crippen molar-refractivity contribution in [1.29, 1.82) is 0 Å². The van der Waals surface area contributed by atoms with Crippen LogP contribution in [-0.2, 0) is 5.75 Å². The zero-order chi connectivity index (χ0) is 21.5. The quantitative estimate of drug-likeness (QED) is 0.331. The maximum atomic E-state index is 13.0. The number of carbonyl (C=O) groups is 1. The van der Waals surface area contributed by atoms with E-state index in [2.05, 4.69) is 60.8 Å². The molecule has 0 saturated heterocycles. The van der Waals surface area contributed by atoms with Gasteiger partial charge in [0.15, 0.2) is 0 Å². The smallest absolute Gasteiger partial charge is 0.252 e. The van der Waals surface area contributed by atoms with Crippen molar-refractivity contribution >= 4 is 17.7 Å². The maximum Gasteiger partial charge on any atom is 0.252 e. The van der Waals surface area contributed by atoms with Crippen LogP contribution in [0.15, 0.2) is 114 Å². The molecule has 0 fully saturated rings. The van der Waals surface area contributed by atoms with Crippen LogP contribution < -0.4 is 5.32 Å². The van der Waals surface area contributed by atoms with Crippen LogP contribution in [0.5, 0.6) is 0 Å². The first kappa shape index (κ1) is 21.0. The van der Waals surface area contributed by atoms with E-state index in [0.29, 0.717) is 5.56 Å². The van der Waals surface area contributed by atoms with E-state index in [1.54, 1.807) is 11.8 Å². The van der Waals surface area contributed by atoms with E-state index in [4.69, 9.17) is 0 Å². The van der Waals surface area contributed by atoms with Gasteiger partial charge < -0.3 is 5.32 Å². The molecule has 4 aromatic carbocycles. The molecule has 0 aliphatic heterocycles. The normalized spacial score (nSPS) is 11.6. The summed E-state index contributed by atoms with van der Waals surface area (Å²) in [6.07, 6.45) is 0. The second kappa shape index (κ2) is 10.1. The third-order valence-corrected chi connectivity index (χ3v) is 6.27. The first-order valence-electron chi connectivity index (χ1n) is 10.4. The second-order valence-corrected chi connectivity index (χ2v) is 8.58. The van der Waals surface area contributed by atoms with Crippen molar-refractivity contribution < 1.29 is 4.79 Å². The lowest BCUT2D eigenvalue weighted by atomic mass is 9.97. The Bertz CT molecular complexity index is 1110. The highest BCUT2D eigenvalue weighted by molar-refractivity contribution is 7.98. The fraction of sp³-hybridized carbons (Fsp3) is 0.107. The van der Waals surface area contributed by atoms with Crippen molar-refractivity contribution in [3.63, 3.8) is 0 Å². The van der Waals surface area contributed by atoms with Crippen LogP contribution in [0.2, 0.25) is 0 Å². The maximum absolute atomic E-state index is 13.0. The summed E-state index contributed by atoms with van der Waals surface area (Å²) < 4.78 is 0. The molecule has 0 heterocycles. The van der Waals surface area contributed by atoms with Gasteiger partial charge in [-0.05, 0) is 47.9 Å². The van der Waals surface area contributed by atoms with Crippen LogP contribution in [0.1, 0.15) is 38.7 Å². The Kier molecular flexibility index (Phi) is 6.85. The summed E-state index contributed by atoms with van der Waals surface area (Å²) >= 11 is 1.79. The number of carbonyl (C=O) groups excluding carboxylic acids is 1. The number of aryl methyl sites for hydroxylation is 1. The van der Waals surface area contributed by atoms with Crippen LogP contribution in [0.25, 0.3) is 0 Å². The van der Waals surface area contributed by atoms with Crippen LogP contribution in [0.4, 0.5) is 0 Å². The minimum atomic E-state index is -0.192. The van der Waals surface area contributed by atoms with Crippen molar-refractivity contribution in [1.82, 2.24) is 5.32 Å². The van der Waals surface area contributed by atoms with E-state index < -0.39 is 0 Å². The average molecular weight is 424 g/mol. The van der Waals surface area contributed by atoms with Crippen LogP contribution in [0.3, 0.4) is 0 Å². The van der Waals surface area contributed by atoms with E-state index in [1.165, 1.54) is 16.0 Å². The van der Waals surface area contributed by atoms with Gasteiger partial charge >= 0.3 is 0 Å². The fourth-order valence-electron chi connectivity index (χ4n) is 3.41. The first-order valence-corrected chi connectivity index (χ1v) is 11.4. The molecular weight excluding hydrogens is 398 g/mol. The number of benzene rings is 4. The zero-order valence-corrected chi connectivity index (χ0v) is 18.3. The van der Waals surface area contributed by atoms with Crippen molar-refractivity contribution in [2.24, 2.45) is 0 Å². The lowest BCUT2D eigenvalue weighted by Gasteiger charge is -2.20. The Morgan fingerprint density at radius 2 is 1.32 bits per heavy atom. The number of hydrogen-bond donors (Lipinski definition) is 1. The van der Waals surface area contributed by atoms with Crippen molar-refractivity contribution in [3.8, 4) is 0 Å². The standard InChI is InChI=1S/C28H25NOS/c1-21-12-16-24(17-13-21)27(23-8-4-2-5-9-23)29-28(30)25-18-14-22(15-19-25)20-31-26-10-6-3-7-11-26/h2-19,27H,20H2,1H3,(H,29,30)/t27-/m1/s1. The summed E-state index contributed by atoms with van der Waals surface area (Å²) in [5.41, 5.74) is 5.20. The second-order valence-electron chi connectivity index (χ2n) is 7.53.